The van der Waals surface area contributed by atoms with Crippen molar-refractivity contribution in [1.82, 2.24) is 9.97 Å². The van der Waals surface area contributed by atoms with Crippen LogP contribution in [0.2, 0.25) is 0 Å². The Morgan fingerprint density at radius 3 is 2.75 bits per heavy atom. The van der Waals surface area contributed by atoms with E-state index < -0.39 is 0 Å². The Bertz CT molecular complexity index is 800. The van der Waals surface area contributed by atoms with Crippen LogP contribution in [0.3, 0.4) is 0 Å². The van der Waals surface area contributed by atoms with Crippen molar-refractivity contribution in [3.63, 3.8) is 0 Å². The van der Waals surface area contributed by atoms with Crippen molar-refractivity contribution in [2.75, 3.05) is 5.73 Å². The molecule has 0 bridgehead atoms. The van der Waals surface area contributed by atoms with Gasteiger partial charge in [0, 0.05) is 9.35 Å². The van der Waals surface area contributed by atoms with Crippen LogP contribution in [0, 0.1) is 13.8 Å². The number of nitrogen functional groups attached to an aromatic ring is 1. The van der Waals surface area contributed by atoms with Crippen LogP contribution in [-0.4, -0.2) is 9.97 Å². The second-order valence-electron chi connectivity index (χ2n) is 4.48. The average Bonchev–Trinajstić information content (AvgIpc) is 2.74. The topological polar surface area (TPSA) is 61.0 Å². The number of aromatic nitrogens is 2. The molecular weight excluding hydrogens is 338 g/mol. The van der Waals surface area contributed by atoms with Crippen LogP contribution in [0.5, 0.6) is 11.6 Å². The smallest absolute Gasteiger partial charge is 0.232 e. The van der Waals surface area contributed by atoms with Crippen molar-refractivity contribution < 1.29 is 4.74 Å². The van der Waals surface area contributed by atoms with Gasteiger partial charge in [0.25, 0.3) is 0 Å². The van der Waals surface area contributed by atoms with Crippen LogP contribution in [-0.2, 0) is 0 Å². The summed E-state index contributed by atoms with van der Waals surface area (Å²) in [6.45, 7) is 4.03. The molecule has 3 rings (SSSR count). The Morgan fingerprint density at radius 1 is 1.20 bits per heavy atom. The number of halogens is 1. The lowest BCUT2D eigenvalue weighted by Crippen LogP contribution is -1.97. The molecule has 0 unspecified atom stereocenters. The van der Waals surface area contributed by atoms with E-state index in [2.05, 4.69) is 25.9 Å². The number of thiophene rings is 1. The number of anilines is 1. The first-order valence-corrected chi connectivity index (χ1v) is 7.61. The lowest BCUT2D eigenvalue weighted by Gasteiger charge is -2.08. The fourth-order valence-corrected chi connectivity index (χ4v) is 3.03. The Morgan fingerprint density at radius 2 is 2.00 bits per heavy atom. The van der Waals surface area contributed by atoms with Crippen LogP contribution in [0.1, 0.15) is 10.4 Å². The third kappa shape index (κ3) is 2.48. The van der Waals surface area contributed by atoms with E-state index in [4.69, 9.17) is 10.5 Å². The molecule has 3 aromatic rings. The van der Waals surface area contributed by atoms with E-state index in [0.717, 1.165) is 30.9 Å². The normalized spacial score (nSPS) is 10.9. The Balaban J connectivity index is 2.07. The van der Waals surface area contributed by atoms with Gasteiger partial charge in [-0.2, -0.15) is 4.98 Å². The molecule has 0 radical (unpaired) electrons. The lowest BCUT2D eigenvalue weighted by molar-refractivity contribution is 0.469. The molecule has 0 amide bonds. The fraction of sp³-hybridized carbons (Fsp3) is 0.143. The maximum Gasteiger partial charge on any atom is 0.232 e. The van der Waals surface area contributed by atoms with Gasteiger partial charge in [-0.3, -0.25) is 0 Å². The largest absolute Gasteiger partial charge is 0.438 e. The molecule has 0 saturated carbocycles. The van der Waals surface area contributed by atoms with Gasteiger partial charge in [-0.15, -0.1) is 11.3 Å². The summed E-state index contributed by atoms with van der Waals surface area (Å²) >= 11 is 5.05. The summed E-state index contributed by atoms with van der Waals surface area (Å²) in [7, 11) is 0. The maximum absolute atomic E-state index is 5.88. The number of fused-ring (bicyclic) bond motifs is 1. The summed E-state index contributed by atoms with van der Waals surface area (Å²) in [6, 6.07) is 7.81. The van der Waals surface area contributed by atoms with Gasteiger partial charge in [-0.25, -0.2) is 4.98 Å². The minimum absolute atomic E-state index is 0.225. The Kier molecular flexibility index (Phi) is 3.35. The van der Waals surface area contributed by atoms with Gasteiger partial charge in [0.1, 0.15) is 10.6 Å². The van der Waals surface area contributed by atoms with Crippen LogP contribution in [0.15, 0.2) is 28.7 Å². The van der Waals surface area contributed by atoms with Crippen LogP contribution < -0.4 is 10.5 Å². The average molecular weight is 350 g/mol. The van der Waals surface area contributed by atoms with Gasteiger partial charge in [0.05, 0.1) is 5.39 Å². The molecule has 0 fully saturated rings. The SMILES string of the molecule is Cc1cc2c(Oc3ccc(Br)c(C)c3)nc(N)nc2s1. The van der Waals surface area contributed by atoms with E-state index >= 15 is 0 Å². The summed E-state index contributed by atoms with van der Waals surface area (Å²) in [6.07, 6.45) is 0. The summed E-state index contributed by atoms with van der Waals surface area (Å²) in [5.41, 5.74) is 6.84. The number of benzene rings is 1. The number of hydrogen-bond acceptors (Lipinski definition) is 5. The van der Waals surface area contributed by atoms with Crippen molar-refractivity contribution >= 4 is 43.4 Å². The summed E-state index contributed by atoms with van der Waals surface area (Å²) in [5, 5.41) is 0.891. The monoisotopic (exact) mass is 349 g/mol. The van der Waals surface area contributed by atoms with Crippen LogP contribution in [0.4, 0.5) is 5.95 Å². The molecule has 0 saturated heterocycles. The number of aryl methyl sites for hydroxylation is 2. The zero-order chi connectivity index (χ0) is 14.3. The zero-order valence-corrected chi connectivity index (χ0v) is 13.4. The maximum atomic E-state index is 5.88. The highest BCUT2D eigenvalue weighted by atomic mass is 79.9. The number of rotatable bonds is 2. The lowest BCUT2D eigenvalue weighted by atomic mass is 10.2. The first-order chi connectivity index (χ1) is 9.52. The van der Waals surface area contributed by atoms with E-state index in [1.165, 1.54) is 0 Å². The van der Waals surface area contributed by atoms with E-state index in [1.54, 1.807) is 11.3 Å². The van der Waals surface area contributed by atoms with Gasteiger partial charge < -0.3 is 10.5 Å². The van der Waals surface area contributed by atoms with Crippen molar-refractivity contribution in [3.05, 3.63) is 39.2 Å². The highest BCUT2D eigenvalue weighted by molar-refractivity contribution is 9.10. The molecule has 1 aromatic carbocycles. The van der Waals surface area contributed by atoms with Gasteiger partial charge in [0.2, 0.25) is 11.8 Å². The summed E-state index contributed by atoms with van der Waals surface area (Å²) in [5.74, 6) is 1.45. The molecule has 0 atom stereocenters. The third-order valence-corrected chi connectivity index (χ3v) is 4.68. The van der Waals surface area contributed by atoms with E-state index in [1.807, 2.05) is 38.1 Å². The highest BCUT2D eigenvalue weighted by Gasteiger charge is 2.11. The molecular formula is C14H12BrN3OS. The molecule has 2 heterocycles. The van der Waals surface area contributed by atoms with Gasteiger partial charge in [0.15, 0.2) is 0 Å². The third-order valence-electron chi connectivity index (χ3n) is 2.84. The second-order valence-corrected chi connectivity index (χ2v) is 6.56. The minimum Gasteiger partial charge on any atom is -0.438 e. The van der Waals surface area contributed by atoms with Gasteiger partial charge in [-0.05, 0) is 43.7 Å². The van der Waals surface area contributed by atoms with Crippen molar-refractivity contribution in [3.8, 4) is 11.6 Å². The number of ether oxygens (including phenoxy) is 1. The summed E-state index contributed by atoms with van der Waals surface area (Å²) in [4.78, 5) is 10.4. The Labute approximate surface area is 128 Å². The standard InChI is InChI=1S/C14H12BrN3OS/c1-7-5-9(3-4-11(7)15)19-12-10-6-8(2)20-13(10)18-14(16)17-12/h3-6H,1-2H3,(H2,16,17,18). The molecule has 0 aliphatic heterocycles. The molecule has 2 aromatic heterocycles. The molecule has 2 N–H and O–H groups in total. The van der Waals surface area contributed by atoms with E-state index in [9.17, 15) is 0 Å². The molecule has 6 heteroatoms. The highest BCUT2D eigenvalue weighted by Crippen LogP contribution is 2.33. The van der Waals surface area contributed by atoms with Crippen LogP contribution in [0.25, 0.3) is 10.2 Å². The molecule has 0 spiro atoms. The molecule has 102 valence electrons. The molecule has 20 heavy (non-hydrogen) atoms. The minimum atomic E-state index is 0.225. The van der Waals surface area contributed by atoms with Gasteiger partial charge in [-0.1, -0.05) is 15.9 Å². The van der Waals surface area contributed by atoms with E-state index in [-0.39, 0.29) is 5.95 Å². The predicted octanol–water partition coefficient (Wildman–Crippen LogP) is 4.45. The quantitative estimate of drug-likeness (QED) is 0.742. The van der Waals surface area contributed by atoms with Crippen molar-refractivity contribution in [2.45, 2.75) is 13.8 Å². The first-order valence-electron chi connectivity index (χ1n) is 6.00. The zero-order valence-electron chi connectivity index (χ0n) is 11.0. The summed E-state index contributed by atoms with van der Waals surface area (Å²) < 4.78 is 6.92. The molecule has 0 aliphatic carbocycles. The molecule has 4 nitrogen and oxygen atoms in total. The number of nitrogens with zero attached hydrogens (tertiary/aromatic N) is 2. The van der Waals surface area contributed by atoms with Gasteiger partial charge >= 0.3 is 0 Å². The first kappa shape index (κ1) is 13.3. The number of nitrogens with two attached hydrogens (primary N) is 1. The van der Waals surface area contributed by atoms with E-state index in [0.29, 0.717) is 5.88 Å². The van der Waals surface area contributed by atoms with Crippen molar-refractivity contribution in [2.24, 2.45) is 0 Å². The van der Waals surface area contributed by atoms with Crippen LogP contribution >= 0.6 is 27.3 Å². The number of hydrogen-bond donors (Lipinski definition) is 1. The second kappa shape index (κ2) is 5.03. The van der Waals surface area contributed by atoms with Crippen molar-refractivity contribution in [1.29, 1.82) is 0 Å². The predicted molar refractivity (Wildman–Crippen MR) is 85.5 cm³/mol. The Hall–Kier alpha value is -1.66. The molecule has 0 aliphatic rings. The fourth-order valence-electron chi connectivity index (χ4n) is 1.90.